The molecule has 0 aliphatic carbocycles. The van der Waals surface area contributed by atoms with Crippen molar-refractivity contribution < 1.29 is 19.4 Å². The first-order chi connectivity index (χ1) is 13.5. The Kier molecular flexibility index (Phi) is 6.50. The monoisotopic (exact) mass is 394 g/mol. The van der Waals surface area contributed by atoms with Crippen LogP contribution in [0.3, 0.4) is 0 Å². The number of ether oxygens (including phenoxy) is 2. The summed E-state index contributed by atoms with van der Waals surface area (Å²) >= 11 is 1.40. The normalized spacial score (nSPS) is 11.3. The highest BCUT2D eigenvalue weighted by molar-refractivity contribution is 7.11. The average molecular weight is 394 g/mol. The molecule has 0 unspecified atom stereocenters. The smallest absolute Gasteiger partial charge is 0.337 e. The number of benzene rings is 2. The lowest BCUT2D eigenvalue weighted by molar-refractivity contribution is -0.130. The van der Waals surface area contributed by atoms with Crippen molar-refractivity contribution in [1.82, 2.24) is 0 Å². The summed E-state index contributed by atoms with van der Waals surface area (Å²) < 4.78 is 11.5. The lowest BCUT2D eigenvalue weighted by atomic mass is 10.1. The molecule has 4 nitrogen and oxygen atoms in total. The van der Waals surface area contributed by atoms with E-state index in [1.165, 1.54) is 22.5 Å². The van der Waals surface area contributed by atoms with Gasteiger partial charge in [-0.3, -0.25) is 0 Å². The van der Waals surface area contributed by atoms with Gasteiger partial charge in [0, 0.05) is 4.88 Å². The summed E-state index contributed by atoms with van der Waals surface area (Å²) in [7, 11) is 0. The number of aliphatic carboxylic acids is 1. The van der Waals surface area contributed by atoms with Gasteiger partial charge in [0.05, 0.1) is 5.57 Å². The van der Waals surface area contributed by atoms with Crippen molar-refractivity contribution in [2.24, 2.45) is 0 Å². The zero-order valence-corrected chi connectivity index (χ0v) is 16.7. The van der Waals surface area contributed by atoms with Gasteiger partial charge in [-0.1, -0.05) is 24.3 Å². The van der Waals surface area contributed by atoms with E-state index in [0.29, 0.717) is 19.0 Å². The van der Waals surface area contributed by atoms with Crippen molar-refractivity contribution in [2.45, 2.75) is 13.8 Å². The number of hydrogen-bond donors (Lipinski definition) is 1. The van der Waals surface area contributed by atoms with Gasteiger partial charge in [-0.2, -0.15) is 0 Å². The molecular formula is C23H22O4S. The molecule has 0 saturated carbocycles. The fourth-order valence-corrected chi connectivity index (χ4v) is 3.39. The molecule has 1 aromatic heterocycles. The van der Waals surface area contributed by atoms with E-state index in [0.717, 1.165) is 16.2 Å². The highest BCUT2D eigenvalue weighted by Gasteiger charge is 2.11. The molecule has 3 aromatic rings. The van der Waals surface area contributed by atoms with Gasteiger partial charge in [0.15, 0.2) is 0 Å². The molecule has 0 saturated heterocycles. The largest absolute Gasteiger partial charge is 0.490 e. The predicted octanol–water partition coefficient (Wildman–Crippen LogP) is 5.45. The van der Waals surface area contributed by atoms with Crippen LogP contribution in [0.1, 0.15) is 21.6 Å². The van der Waals surface area contributed by atoms with Crippen LogP contribution >= 0.6 is 11.3 Å². The molecule has 2 aromatic carbocycles. The van der Waals surface area contributed by atoms with Gasteiger partial charge in [0.25, 0.3) is 0 Å². The molecule has 0 atom stereocenters. The van der Waals surface area contributed by atoms with Crippen LogP contribution < -0.4 is 9.47 Å². The van der Waals surface area contributed by atoms with Crippen LogP contribution in [-0.2, 0) is 4.79 Å². The summed E-state index contributed by atoms with van der Waals surface area (Å²) in [4.78, 5) is 12.3. The molecule has 1 heterocycles. The second-order valence-electron chi connectivity index (χ2n) is 6.36. The minimum Gasteiger partial charge on any atom is -0.490 e. The first kappa shape index (κ1) is 19.7. The zero-order chi connectivity index (χ0) is 19.9. The van der Waals surface area contributed by atoms with Crippen molar-refractivity contribution in [1.29, 1.82) is 0 Å². The van der Waals surface area contributed by atoms with Gasteiger partial charge < -0.3 is 14.6 Å². The van der Waals surface area contributed by atoms with Crippen LogP contribution in [0, 0.1) is 13.8 Å². The zero-order valence-electron chi connectivity index (χ0n) is 15.8. The maximum atomic E-state index is 11.6. The Morgan fingerprint density at radius 1 is 0.964 bits per heavy atom. The number of aryl methyl sites for hydroxylation is 2. The van der Waals surface area contributed by atoms with E-state index >= 15 is 0 Å². The van der Waals surface area contributed by atoms with E-state index in [-0.39, 0.29) is 5.57 Å². The van der Waals surface area contributed by atoms with E-state index in [9.17, 15) is 9.90 Å². The molecule has 0 spiro atoms. The van der Waals surface area contributed by atoms with Crippen LogP contribution in [0.15, 0.2) is 60.0 Å². The molecule has 0 aliphatic rings. The number of carboxylic acids is 1. The third-order valence-corrected chi connectivity index (χ3v) is 5.19. The first-order valence-electron chi connectivity index (χ1n) is 8.95. The van der Waals surface area contributed by atoms with Crippen LogP contribution in [0.25, 0.3) is 11.6 Å². The summed E-state index contributed by atoms with van der Waals surface area (Å²) in [6, 6.07) is 17.0. The minimum atomic E-state index is -0.949. The van der Waals surface area contributed by atoms with Gasteiger partial charge in [-0.15, -0.1) is 11.3 Å². The number of carbonyl (C=O) groups is 1. The second kappa shape index (κ2) is 9.24. The summed E-state index contributed by atoms with van der Waals surface area (Å²) in [5.74, 6) is 0.550. The van der Waals surface area contributed by atoms with Gasteiger partial charge in [-0.25, -0.2) is 4.79 Å². The van der Waals surface area contributed by atoms with Crippen molar-refractivity contribution in [3.8, 4) is 11.5 Å². The Hall–Kier alpha value is -3.05. The average Bonchev–Trinajstić information content (AvgIpc) is 3.20. The molecule has 3 rings (SSSR count). The SMILES string of the molecule is Cc1ccc(OCCOc2cccc(/C=C(\C(=O)O)c3cccs3)c2)cc1C. The molecule has 144 valence electrons. The van der Waals surface area contributed by atoms with Gasteiger partial charge >= 0.3 is 5.97 Å². The quantitative estimate of drug-likeness (QED) is 0.408. The predicted molar refractivity (Wildman–Crippen MR) is 113 cm³/mol. The summed E-state index contributed by atoms with van der Waals surface area (Å²) in [5, 5.41) is 11.3. The highest BCUT2D eigenvalue weighted by atomic mass is 32.1. The number of carboxylic acid groups (broad SMARTS) is 1. The lowest BCUT2D eigenvalue weighted by Crippen LogP contribution is -2.09. The third-order valence-electron chi connectivity index (χ3n) is 4.29. The third kappa shape index (κ3) is 5.24. The Labute approximate surface area is 168 Å². The Morgan fingerprint density at radius 3 is 2.36 bits per heavy atom. The van der Waals surface area contributed by atoms with Crippen LogP contribution in [0.5, 0.6) is 11.5 Å². The van der Waals surface area contributed by atoms with Crippen LogP contribution in [0.4, 0.5) is 0 Å². The topological polar surface area (TPSA) is 55.8 Å². The molecule has 28 heavy (non-hydrogen) atoms. The number of rotatable bonds is 8. The molecule has 0 fully saturated rings. The van der Waals surface area contributed by atoms with Crippen molar-refractivity contribution in [3.05, 3.63) is 81.5 Å². The maximum Gasteiger partial charge on any atom is 0.337 e. The van der Waals surface area contributed by atoms with E-state index in [4.69, 9.17) is 9.47 Å². The number of hydrogen-bond acceptors (Lipinski definition) is 4. The standard InChI is InChI=1S/C23H22O4S/c1-16-8-9-20(13-17(16)2)27-11-10-26-19-6-3-5-18(14-19)15-21(23(24)25)22-7-4-12-28-22/h3-9,12-15H,10-11H2,1-2H3,(H,24,25)/b21-15-. The summed E-state index contributed by atoms with van der Waals surface area (Å²) in [6.45, 7) is 4.95. The minimum absolute atomic E-state index is 0.269. The fraction of sp³-hybridized carbons (Fsp3) is 0.174. The molecule has 5 heteroatoms. The molecular weight excluding hydrogens is 372 g/mol. The Morgan fingerprint density at radius 2 is 1.71 bits per heavy atom. The highest BCUT2D eigenvalue weighted by Crippen LogP contribution is 2.24. The van der Waals surface area contributed by atoms with E-state index in [2.05, 4.69) is 13.8 Å². The van der Waals surface area contributed by atoms with Gasteiger partial charge in [0.2, 0.25) is 0 Å². The lowest BCUT2D eigenvalue weighted by Gasteiger charge is -2.10. The fourth-order valence-electron chi connectivity index (χ4n) is 2.65. The molecule has 0 bridgehead atoms. The molecule has 0 amide bonds. The van der Waals surface area contributed by atoms with E-state index in [1.807, 2.05) is 53.9 Å². The second-order valence-corrected chi connectivity index (χ2v) is 7.30. The molecule has 0 radical (unpaired) electrons. The van der Waals surface area contributed by atoms with Crippen LogP contribution in [0.2, 0.25) is 0 Å². The maximum absolute atomic E-state index is 11.6. The van der Waals surface area contributed by atoms with Crippen LogP contribution in [-0.4, -0.2) is 24.3 Å². The summed E-state index contributed by atoms with van der Waals surface area (Å²) in [5.41, 5.74) is 3.47. The van der Waals surface area contributed by atoms with Crippen molar-refractivity contribution in [2.75, 3.05) is 13.2 Å². The Bertz CT molecular complexity index is 974. The van der Waals surface area contributed by atoms with Crippen molar-refractivity contribution in [3.63, 3.8) is 0 Å². The van der Waals surface area contributed by atoms with Gasteiger partial charge in [0.1, 0.15) is 24.7 Å². The number of thiophene rings is 1. The first-order valence-corrected chi connectivity index (χ1v) is 9.82. The van der Waals surface area contributed by atoms with E-state index in [1.54, 1.807) is 12.1 Å². The molecule has 1 N–H and O–H groups in total. The van der Waals surface area contributed by atoms with E-state index < -0.39 is 5.97 Å². The Balaban J connectivity index is 1.61. The summed E-state index contributed by atoms with van der Waals surface area (Å²) in [6.07, 6.45) is 1.66. The van der Waals surface area contributed by atoms with Crippen molar-refractivity contribution >= 4 is 29.0 Å². The van der Waals surface area contributed by atoms with Gasteiger partial charge in [-0.05, 0) is 72.3 Å². The molecule has 0 aliphatic heterocycles.